The number of hydrogen-bond donors (Lipinski definition) is 2. The first-order valence-corrected chi connectivity index (χ1v) is 12.1. The van der Waals surface area contributed by atoms with Gasteiger partial charge in [-0.1, -0.05) is 36.4 Å². The maximum absolute atomic E-state index is 12.6. The Hall–Kier alpha value is -2.94. The second kappa shape index (κ2) is 11.1. The van der Waals surface area contributed by atoms with Gasteiger partial charge in [-0.05, 0) is 64.0 Å². The lowest BCUT2D eigenvalue weighted by Gasteiger charge is -2.11. The summed E-state index contributed by atoms with van der Waals surface area (Å²) >= 11 is 3.45. The molecule has 0 spiro atoms. The molecule has 0 heterocycles. The van der Waals surface area contributed by atoms with Crippen molar-refractivity contribution in [2.75, 3.05) is 18.5 Å². The van der Waals surface area contributed by atoms with Gasteiger partial charge in [0.25, 0.3) is 5.91 Å². The van der Waals surface area contributed by atoms with Gasteiger partial charge in [0.05, 0.1) is 16.0 Å². The molecule has 3 aromatic rings. The fraction of sp³-hybridized carbons (Fsp3) is 0.125. The van der Waals surface area contributed by atoms with Gasteiger partial charge < -0.3 is 10.1 Å². The lowest BCUT2D eigenvalue weighted by Crippen LogP contribution is -2.23. The van der Waals surface area contributed by atoms with Crippen LogP contribution in [-0.4, -0.2) is 27.5 Å². The van der Waals surface area contributed by atoms with E-state index in [9.17, 15) is 13.2 Å². The Morgan fingerprint density at radius 3 is 2.41 bits per heavy atom. The van der Waals surface area contributed by atoms with Crippen molar-refractivity contribution in [3.8, 4) is 5.75 Å². The van der Waals surface area contributed by atoms with Crippen molar-refractivity contribution in [3.63, 3.8) is 0 Å². The van der Waals surface area contributed by atoms with Crippen LogP contribution in [-0.2, 0) is 16.4 Å². The highest BCUT2D eigenvalue weighted by Crippen LogP contribution is 2.27. The van der Waals surface area contributed by atoms with Gasteiger partial charge in [0.2, 0.25) is 10.0 Å². The molecule has 0 aliphatic carbocycles. The van der Waals surface area contributed by atoms with E-state index in [4.69, 9.17) is 4.74 Å². The first-order chi connectivity index (χ1) is 15.4. The van der Waals surface area contributed by atoms with E-state index in [1.165, 1.54) is 35.9 Å². The van der Waals surface area contributed by atoms with Crippen molar-refractivity contribution >= 4 is 37.5 Å². The number of hydrogen-bond acceptors (Lipinski definition) is 4. The number of ether oxygens (including phenoxy) is 1. The Labute approximate surface area is 196 Å². The third-order valence-electron chi connectivity index (χ3n) is 4.53. The van der Waals surface area contributed by atoms with Gasteiger partial charge in [-0.3, -0.25) is 4.79 Å². The van der Waals surface area contributed by atoms with E-state index in [-0.39, 0.29) is 17.3 Å². The van der Waals surface area contributed by atoms with Gasteiger partial charge in [-0.15, -0.1) is 6.58 Å². The molecule has 0 unspecified atom stereocenters. The smallest absolute Gasteiger partial charge is 0.255 e. The van der Waals surface area contributed by atoms with Crippen LogP contribution in [0, 0.1) is 0 Å². The summed E-state index contributed by atoms with van der Waals surface area (Å²) in [5.41, 5.74) is 2.11. The molecular formula is C24H23BrN2O4S. The monoisotopic (exact) mass is 514 g/mol. The lowest BCUT2D eigenvalue weighted by atomic mass is 10.1. The van der Waals surface area contributed by atoms with Crippen molar-refractivity contribution in [3.05, 3.63) is 101 Å². The van der Waals surface area contributed by atoms with Gasteiger partial charge in [0.1, 0.15) is 5.75 Å². The summed E-state index contributed by atoms with van der Waals surface area (Å²) in [5, 5.41) is 2.76. The van der Waals surface area contributed by atoms with Crippen molar-refractivity contribution in [1.29, 1.82) is 0 Å². The molecule has 2 N–H and O–H groups in total. The van der Waals surface area contributed by atoms with Crippen LogP contribution < -0.4 is 14.8 Å². The van der Waals surface area contributed by atoms with Crippen LogP contribution in [0.25, 0.3) is 0 Å². The summed E-state index contributed by atoms with van der Waals surface area (Å²) in [4.78, 5) is 12.7. The average Bonchev–Trinajstić information content (AvgIpc) is 2.80. The maximum Gasteiger partial charge on any atom is 0.255 e. The molecule has 0 aliphatic rings. The predicted octanol–water partition coefficient (Wildman–Crippen LogP) is 4.79. The van der Waals surface area contributed by atoms with Gasteiger partial charge in [-0.2, -0.15) is 0 Å². The minimum absolute atomic E-state index is 0.108. The van der Waals surface area contributed by atoms with Gasteiger partial charge in [-0.25, -0.2) is 13.1 Å². The molecule has 0 aliphatic heterocycles. The second-order valence-electron chi connectivity index (χ2n) is 6.85. The SMILES string of the molecule is C=CCNS(=O)(=O)c1ccc(NC(=O)c2ccc(OCCc3ccccc3)c(Br)c2)cc1. The normalized spacial score (nSPS) is 11.0. The van der Waals surface area contributed by atoms with Gasteiger partial charge in [0, 0.05) is 24.2 Å². The number of halogens is 1. The van der Waals surface area contributed by atoms with Gasteiger partial charge in [0.15, 0.2) is 0 Å². The van der Waals surface area contributed by atoms with E-state index in [1.807, 2.05) is 30.3 Å². The molecule has 0 saturated heterocycles. The van der Waals surface area contributed by atoms with Crippen LogP contribution >= 0.6 is 15.9 Å². The standard InChI is InChI=1S/C24H23BrN2O4S/c1-2-15-26-32(29,30)21-11-9-20(10-12-21)27-24(28)19-8-13-23(22(25)17-19)31-16-14-18-6-4-3-5-7-18/h2-13,17,26H,1,14-16H2,(H,27,28). The topological polar surface area (TPSA) is 84.5 Å². The quantitative estimate of drug-likeness (QED) is 0.381. The minimum atomic E-state index is -3.61. The van der Waals surface area contributed by atoms with Gasteiger partial charge >= 0.3 is 0 Å². The third kappa shape index (κ3) is 6.53. The summed E-state index contributed by atoms with van der Waals surface area (Å²) in [6.45, 7) is 4.15. The Balaban J connectivity index is 1.59. The van der Waals surface area contributed by atoms with E-state index in [1.54, 1.807) is 18.2 Å². The van der Waals surface area contributed by atoms with E-state index in [2.05, 4.69) is 32.5 Å². The first-order valence-electron chi connectivity index (χ1n) is 9.87. The summed E-state index contributed by atoms with van der Waals surface area (Å²) in [7, 11) is -3.61. The zero-order valence-corrected chi connectivity index (χ0v) is 19.7. The Morgan fingerprint density at radius 2 is 1.75 bits per heavy atom. The molecule has 3 aromatic carbocycles. The number of nitrogens with one attached hydrogen (secondary N) is 2. The summed E-state index contributed by atoms with van der Waals surface area (Å²) < 4.78 is 33.1. The summed E-state index contributed by atoms with van der Waals surface area (Å²) in [6, 6.07) is 21.1. The van der Waals surface area contributed by atoms with E-state index in [0.717, 1.165) is 6.42 Å². The zero-order chi connectivity index (χ0) is 23.0. The molecule has 0 aromatic heterocycles. The van der Waals surface area contributed by atoms with Crippen LogP contribution in [0.1, 0.15) is 15.9 Å². The minimum Gasteiger partial charge on any atom is -0.492 e. The molecule has 0 fully saturated rings. The molecule has 0 bridgehead atoms. The highest BCUT2D eigenvalue weighted by atomic mass is 79.9. The fourth-order valence-corrected chi connectivity index (χ4v) is 4.35. The molecular weight excluding hydrogens is 492 g/mol. The number of anilines is 1. The highest BCUT2D eigenvalue weighted by molar-refractivity contribution is 9.10. The van der Waals surface area contributed by atoms with Crippen LogP contribution in [0.3, 0.4) is 0 Å². The zero-order valence-electron chi connectivity index (χ0n) is 17.3. The molecule has 0 atom stereocenters. The molecule has 8 heteroatoms. The molecule has 6 nitrogen and oxygen atoms in total. The number of carbonyl (C=O) groups is 1. The first kappa shape index (κ1) is 23.7. The molecule has 1 amide bonds. The van der Waals surface area contributed by atoms with Crippen molar-refractivity contribution in [2.45, 2.75) is 11.3 Å². The summed E-state index contributed by atoms with van der Waals surface area (Å²) in [5.74, 6) is 0.334. The van der Waals surface area contributed by atoms with Crippen molar-refractivity contribution in [1.82, 2.24) is 4.72 Å². The lowest BCUT2D eigenvalue weighted by molar-refractivity contribution is 0.102. The largest absolute Gasteiger partial charge is 0.492 e. The number of rotatable bonds is 10. The average molecular weight is 515 g/mol. The van der Waals surface area contributed by atoms with Crippen molar-refractivity contribution < 1.29 is 17.9 Å². The fourth-order valence-electron chi connectivity index (χ4n) is 2.86. The Kier molecular flexibility index (Phi) is 8.21. The number of carbonyl (C=O) groups excluding carboxylic acids is 1. The number of sulfonamides is 1. The highest BCUT2D eigenvalue weighted by Gasteiger charge is 2.14. The maximum atomic E-state index is 12.6. The van der Waals surface area contributed by atoms with Crippen LogP contribution in [0.15, 0.2) is 94.8 Å². The number of benzene rings is 3. The van der Waals surface area contributed by atoms with E-state index >= 15 is 0 Å². The Bertz CT molecular complexity index is 1180. The van der Waals surface area contributed by atoms with E-state index in [0.29, 0.717) is 28.1 Å². The molecule has 32 heavy (non-hydrogen) atoms. The van der Waals surface area contributed by atoms with Crippen LogP contribution in [0.5, 0.6) is 5.75 Å². The molecule has 3 rings (SSSR count). The molecule has 0 saturated carbocycles. The third-order valence-corrected chi connectivity index (χ3v) is 6.58. The molecule has 0 radical (unpaired) electrons. The Morgan fingerprint density at radius 1 is 1.03 bits per heavy atom. The van der Waals surface area contributed by atoms with E-state index < -0.39 is 10.0 Å². The number of amides is 1. The summed E-state index contributed by atoms with van der Waals surface area (Å²) in [6.07, 6.45) is 2.24. The predicted molar refractivity (Wildman–Crippen MR) is 130 cm³/mol. The van der Waals surface area contributed by atoms with Crippen LogP contribution in [0.4, 0.5) is 5.69 Å². The second-order valence-corrected chi connectivity index (χ2v) is 9.47. The molecule has 166 valence electrons. The van der Waals surface area contributed by atoms with Crippen molar-refractivity contribution in [2.24, 2.45) is 0 Å². The van der Waals surface area contributed by atoms with Crippen LogP contribution in [0.2, 0.25) is 0 Å².